The maximum absolute atomic E-state index is 9.87. The monoisotopic (exact) mass is 440 g/mol. The number of hydrogen-bond donors (Lipinski definition) is 6. The molecule has 0 aromatic heterocycles. The Balaban J connectivity index is -0.000000151. The molecule has 0 aliphatic heterocycles. The van der Waals surface area contributed by atoms with Crippen LogP contribution in [0.1, 0.15) is 53.4 Å². The van der Waals surface area contributed by atoms with Crippen LogP contribution >= 0.6 is 0 Å². The summed E-state index contributed by atoms with van der Waals surface area (Å²) in [6.07, 6.45) is -0.490. The first-order valence-electron chi connectivity index (χ1n) is 8.59. The number of carboxylic acids is 3. The summed E-state index contributed by atoms with van der Waals surface area (Å²) in [7, 11) is 0. The van der Waals surface area contributed by atoms with E-state index in [0.717, 1.165) is 0 Å². The van der Waals surface area contributed by atoms with E-state index in [1.54, 1.807) is 0 Å². The molecule has 30 heavy (non-hydrogen) atoms. The quantitative estimate of drug-likeness (QED) is 0.237. The van der Waals surface area contributed by atoms with Gasteiger partial charge in [-0.1, -0.05) is 6.92 Å². The first kappa shape index (κ1) is 34.8. The number of hydrogen-bond acceptors (Lipinski definition) is 9. The van der Waals surface area contributed by atoms with Crippen molar-refractivity contribution in [1.82, 2.24) is 0 Å². The van der Waals surface area contributed by atoms with Gasteiger partial charge in [0.1, 0.15) is 36.6 Å². The number of carboxylic acid groups (broad SMARTS) is 3. The van der Waals surface area contributed by atoms with Gasteiger partial charge in [0.15, 0.2) is 0 Å². The summed E-state index contributed by atoms with van der Waals surface area (Å²) in [5, 5.41) is 49.6. The zero-order valence-corrected chi connectivity index (χ0v) is 17.6. The summed E-state index contributed by atoms with van der Waals surface area (Å²) in [5.41, 5.74) is -0.667. The molecule has 0 aliphatic carbocycles. The third-order valence-corrected chi connectivity index (χ3v) is 2.96. The van der Waals surface area contributed by atoms with Gasteiger partial charge in [-0.05, 0) is 27.2 Å². The van der Waals surface area contributed by atoms with Crippen molar-refractivity contribution in [3.8, 4) is 0 Å². The normalized spacial score (nSPS) is 9.30. The summed E-state index contributed by atoms with van der Waals surface area (Å²) < 4.78 is 0. The number of ketones is 3. The van der Waals surface area contributed by atoms with Crippen molar-refractivity contribution in [2.45, 2.75) is 53.4 Å². The predicted octanol–water partition coefficient (Wildman–Crippen LogP) is -0.490. The zero-order chi connectivity index (χ0) is 24.9. The van der Waals surface area contributed by atoms with E-state index in [-0.39, 0.29) is 56.4 Å². The Labute approximate surface area is 174 Å². The topological polar surface area (TPSA) is 224 Å². The van der Waals surface area contributed by atoms with Gasteiger partial charge in [-0.25, -0.2) is 0 Å². The lowest BCUT2D eigenvalue weighted by molar-refractivity contribution is -0.141. The average Bonchev–Trinajstić information content (AvgIpc) is 2.55. The Morgan fingerprint density at radius 2 is 0.767 bits per heavy atom. The smallest absolute Gasteiger partial charge is 0.310 e. The second-order valence-electron chi connectivity index (χ2n) is 6.15. The lowest BCUT2D eigenvalue weighted by Crippen LogP contribution is -2.32. The molecule has 0 aliphatic rings. The molecule has 0 atom stereocenters. The number of rotatable bonds is 10. The maximum Gasteiger partial charge on any atom is 0.310 e. The van der Waals surface area contributed by atoms with Gasteiger partial charge < -0.3 is 30.6 Å². The van der Waals surface area contributed by atoms with Crippen LogP contribution in [0, 0.1) is 5.41 Å². The molecule has 12 nitrogen and oxygen atoms in total. The highest BCUT2D eigenvalue weighted by molar-refractivity contribution is 5.93. The Hall–Kier alpha value is -2.70. The highest BCUT2D eigenvalue weighted by Crippen LogP contribution is 2.18. The summed E-state index contributed by atoms with van der Waals surface area (Å²) in [4.78, 5) is 58.4. The molecule has 0 rings (SSSR count). The molecule has 0 bridgehead atoms. The van der Waals surface area contributed by atoms with Crippen LogP contribution in [0.25, 0.3) is 0 Å². The Morgan fingerprint density at radius 3 is 0.767 bits per heavy atom. The number of aliphatic hydroxyl groups is 3. The van der Waals surface area contributed by atoms with Gasteiger partial charge in [0.05, 0.1) is 19.8 Å². The zero-order valence-electron chi connectivity index (χ0n) is 17.6. The second kappa shape index (κ2) is 21.0. The molecule has 0 amide bonds. The fraction of sp³-hybridized carbons (Fsp3) is 0.667. The summed E-state index contributed by atoms with van der Waals surface area (Å²) in [5.74, 6) is -4.12. The van der Waals surface area contributed by atoms with Crippen molar-refractivity contribution >= 4 is 35.3 Å². The van der Waals surface area contributed by atoms with Gasteiger partial charge in [0.25, 0.3) is 0 Å². The van der Waals surface area contributed by atoms with E-state index < -0.39 is 23.3 Å². The molecule has 176 valence electrons. The Bertz CT molecular complexity index is 434. The van der Waals surface area contributed by atoms with E-state index >= 15 is 0 Å². The largest absolute Gasteiger partial charge is 0.481 e. The van der Waals surface area contributed by atoms with E-state index in [0.29, 0.717) is 6.42 Å². The van der Waals surface area contributed by atoms with Gasteiger partial charge in [0, 0.05) is 5.41 Å². The molecule has 0 heterocycles. The highest BCUT2D eigenvalue weighted by Gasteiger charge is 2.24. The fourth-order valence-corrected chi connectivity index (χ4v) is 1.12. The van der Waals surface area contributed by atoms with Crippen LogP contribution in [-0.4, -0.2) is 85.7 Å². The van der Waals surface area contributed by atoms with E-state index in [2.05, 4.69) is 0 Å². The van der Waals surface area contributed by atoms with Crippen molar-refractivity contribution in [1.29, 1.82) is 0 Å². The predicted molar refractivity (Wildman–Crippen MR) is 103 cm³/mol. The number of aliphatic carboxylic acids is 3. The molecular formula is C18H32O12. The fourth-order valence-electron chi connectivity index (χ4n) is 1.12. The van der Waals surface area contributed by atoms with Crippen LogP contribution in [0.5, 0.6) is 0 Å². The van der Waals surface area contributed by atoms with E-state index in [1.165, 1.54) is 20.8 Å². The standard InChI is InChI=1S/C6H14O3.3C4H6O3/c1-2-6(3-7,4-8)5-9;3*1-3(5)2-4(6)7/h7-9H,2-5H2,1H3;3*2H2,1H3,(H,6,7). The van der Waals surface area contributed by atoms with Crippen LogP contribution in [0.2, 0.25) is 0 Å². The van der Waals surface area contributed by atoms with Crippen molar-refractivity contribution < 1.29 is 59.4 Å². The molecule has 0 unspecified atom stereocenters. The molecule has 12 heteroatoms. The van der Waals surface area contributed by atoms with Crippen LogP contribution < -0.4 is 0 Å². The number of carbonyl (C=O) groups is 6. The summed E-state index contributed by atoms with van der Waals surface area (Å²) in [6.45, 7) is 5.09. The first-order valence-corrected chi connectivity index (χ1v) is 8.59. The van der Waals surface area contributed by atoms with Crippen LogP contribution in [-0.2, 0) is 28.8 Å². The molecule has 6 N–H and O–H groups in total. The van der Waals surface area contributed by atoms with Gasteiger partial charge in [-0.2, -0.15) is 0 Å². The number of aliphatic hydroxyl groups excluding tert-OH is 3. The second-order valence-corrected chi connectivity index (χ2v) is 6.15. The van der Waals surface area contributed by atoms with Crippen molar-refractivity contribution in [2.75, 3.05) is 19.8 Å². The van der Waals surface area contributed by atoms with Crippen molar-refractivity contribution in [3.63, 3.8) is 0 Å². The number of carbonyl (C=O) groups excluding carboxylic acids is 3. The third kappa shape index (κ3) is 32.9. The van der Waals surface area contributed by atoms with Gasteiger partial charge in [-0.15, -0.1) is 0 Å². The maximum atomic E-state index is 9.87. The lowest BCUT2D eigenvalue weighted by Gasteiger charge is -2.24. The van der Waals surface area contributed by atoms with Gasteiger partial charge in [-0.3, -0.25) is 28.8 Å². The summed E-state index contributed by atoms with van der Waals surface area (Å²) >= 11 is 0. The van der Waals surface area contributed by atoms with Crippen molar-refractivity contribution in [2.24, 2.45) is 5.41 Å². The SMILES string of the molecule is CC(=O)CC(=O)O.CC(=O)CC(=O)O.CC(=O)CC(=O)O.CCC(CO)(CO)CO. The van der Waals surface area contributed by atoms with Crippen LogP contribution in [0.3, 0.4) is 0 Å². The van der Waals surface area contributed by atoms with E-state index in [1.807, 2.05) is 6.92 Å². The molecule has 0 aromatic carbocycles. The molecule has 0 saturated carbocycles. The molecular weight excluding hydrogens is 408 g/mol. The minimum absolute atomic E-state index is 0.156. The molecule has 0 radical (unpaired) electrons. The van der Waals surface area contributed by atoms with Gasteiger partial charge >= 0.3 is 17.9 Å². The first-order chi connectivity index (χ1) is 13.6. The van der Waals surface area contributed by atoms with Crippen LogP contribution in [0.4, 0.5) is 0 Å². The van der Waals surface area contributed by atoms with E-state index in [9.17, 15) is 28.8 Å². The summed E-state index contributed by atoms with van der Waals surface area (Å²) in [6, 6.07) is 0. The number of Topliss-reactive ketones (excluding diaryl/α,β-unsaturated/α-hetero) is 3. The van der Waals surface area contributed by atoms with E-state index in [4.69, 9.17) is 30.6 Å². The lowest BCUT2D eigenvalue weighted by atomic mass is 9.88. The molecule has 0 saturated heterocycles. The molecule has 0 aromatic rings. The minimum atomic E-state index is -1.06. The molecule has 0 spiro atoms. The Morgan fingerprint density at radius 1 is 0.567 bits per heavy atom. The third-order valence-electron chi connectivity index (χ3n) is 2.96. The van der Waals surface area contributed by atoms with Gasteiger partial charge in [0.2, 0.25) is 0 Å². The average molecular weight is 440 g/mol. The Kier molecular flexibility index (Phi) is 24.4. The minimum Gasteiger partial charge on any atom is -0.481 e. The van der Waals surface area contributed by atoms with Crippen LogP contribution in [0.15, 0.2) is 0 Å². The highest BCUT2D eigenvalue weighted by atomic mass is 16.4. The van der Waals surface area contributed by atoms with Crippen molar-refractivity contribution in [3.05, 3.63) is 0 Å². The molecule has 0 fully saturated rings.